The molecule has 0 heterocycles. The van der Waals surface area contributed by atoms with Crippen molar-refractivity contribution in [3.63, 3.8) is 0 Å². The molecule has 0 aromatic heterocycles. The number of hydrogen-bond acceptors (Lipinski definition) is 2. The molecule has 0 aliphatic rings. The monoisotopic (exact) mass is 273 g/mol. The minimum Gasteiger partial charge on any atom is -0.481 e. The van der Waals surface area contributed by atoms with E-state index in [1.807, 2.05) is 32.0 Å². The highest BCUT2D eigenvalue weighted by molar-refractivity contribution is 5.75. The van der Waals surface area contributed by atoms with Gasteiger partial charge in [0.1, 0.15) is 5.82 Å². The maximum absolute atomic E-state index is 13.2. The van der Waals surface area contributed by atoms with Gasteiger partial charge in [-0.3, -0.25) is 4.79 Å². The minimum atomic E-state index is -0.987. The SMILES string of the molecule is Cc1cc(C)cc(Nc2ccc(F)cc2CC(=O)O)c1. The quantitative estimate of drug-likeness (QED) is 0.890. The normalized spacial score (nSPS) is 10.3. The fraction of sp³-hybridized carbons (Fsp3) is 0.188. The van der Waals surface area contributed by atoms with E-state index in [9.17, 15) is 9.18 Å². The summed E-state index contributed by atoms with van der Waals surface area (Å²) in [4.78, 5) is 10.8. The zero-order valence-corrected chi connectivity index (χ0v) is 11.4. The molecule has 0 aliphatic carbocycles. The van der Waals surface area contributed by atoms with Gasteiger partial charge in [-0.25, -0.2) is 4.39 Å². The molecule has 0 aliphatic heterocycles. The second-order valence-electron chi connectivity index (χ2n) is 4.87. The van der Waals surface area contributed by atoms with E-state index in [0.717, 1.165) is 16.8 Å². The van der Waals surface area contributed by atoms with Crippen LogP contribution < -0.4 is 5.32 Å². The van der Waals surface area contributed by atoms with Gasteiger partial charge in [-0.1, -0.05) is 6.07 Å². The van der Waals surface area contributed by atoms with Crippen molar-refractivity contribution in [3.05, 3.63) is 58.9 Å². The third kappa shape index (κ3) is 3.57. The van der Waals surface area contributed by atoms with Crippen LogP contribution >= 0.6 is 0 Å². The molecule has 104 valence electrons. The highest BCUT2D eigenvalue weighted by Crippen LogP contribution is 2.24. The molecule has 0 radical (unpaired) electrons. The number of aryl methyl sites for hydroxylation is 2. The van der Waals surface area contributed by atoms with Crippen molar-refractivity contribution in [1.29, 1.82) is 0 Å². The number of carbonyl (C=O) groups is 1. The largest absolute Gasteiger partial charge is 0.481 e. The molecule has 0 fully saturated rings. The molecule has 2 aromatic rings. The zero-order valence-electron chi connectivity index (χ0n) is 11.4. The second-order valence-corrected chi connectivity index (χ2v) is 4.87. The Bertz CT molecular complexity index is 633. The van der Waals surface area contributed by atoms with E-state index in [-0.39, 0.29) is 6.42 Å². The van der Waals surface area contributed by atoms with Gasteiger partial charge in [0.05, 0.1) is 6.42 Å². The van der Waals surface area contributed by atoms with Gasteiger partial charge < -0.3 is 10.4 Å². The summed E-state index contributed by atoms with van der Waals surface area (Å²) in [5.41, 5.74) is 4.11. The fourth-order valence-electron chi connectivity index (χ4n) is 2.20. The average Bonchev–Trinajstić information content (AvgIpc) is 2.30. The zero-order chi connectivity index (χ0) is 14.7. The maximum Gasteiger partial charge on any atom is 0.307 e. The first kappa shape index (κ1) is 14.1. The summed E-state index contributed by atoms with van der Waals surface area (Å²) < 4.78 is 13.2. The topological polar surface area (TPSA) is 49.3 Å². The van der Waals surface area contributed by atoms with E-state index in [0.29, 0.717) is 11.3 Å². The molecule has 3 nitrogen and oxygen atoms in total. The number of benzene rings is 2. The van der Waals surface area contributed by atoms with Gasteiger partial charge >= 0.3 is 5.97 Å². The van der Waals surface area contributed by atoms with Crippen molar-refractivity contribution >= 4 is 17.3 Å². The molecule has 4 heteroatoms. The maximum atomic E-state index is 13.2. The minimum absolute atomic E-state index is 0.217. The van der Waals surface area contributed by atoms with Gasteiger partial charge in [0.2, 0.25) is 0 Å². The van der Waals surface area contributed by atoms with Crippen LogP contribution in [0, 0.1) is 19.7 Å². The van der Waals surface area contributed by atoms with Crippen molar-refractivity contribution in [2.75, 3.05) is 5.32 Å². The summed E-state index contributed by atoms with van der Waals surface area (Å²) in [6, 6.07) is 10.1. The average molecular weight is 273 g/mol. The van der Waals surface area contributed by atoms with Crippen LogP contribution in [0.5, 0.6) is 0 Å². The molecule has 20 heavy (non-hydrogen) atoms. The van der Waals surface area contributed by atoms with Gasteiger partial charge in [0.15, 0.2) is 0 Å². The van der Waals surface area contributed by atoms with E-state index in [1.54, 1.807) is 6.07 Å². The summed E-state index contributed by atoms with van der Waals surface area (Å²) in [6.07, 6.45) is -0.217. The lowest BCUT2D eigenvalue weighted by Crippen LogP contribution is -2.04. The molecule has 0 atom stereocenters. The summed E-state index contributed by atoms with van der Waals surface area (Å²) in [5, 5.41) is 12.0. The number of anilines is 2. The molecular formula is C16H16FNO2. The van der Waals surface area contributed by atoms with Gasteiger partial charge in [-0.05, 0) is 60.9 Å². The molecule has 0 bridgehead atoms. The van der Waals surface area contributed by atoms with E-state index < -0.39 is 11.8 Å². The van der Waals surface area contributed by atoms with Crippen LogP contribution in [0.15, 0.2) is 36.4 Å². The van der Waals surface area contributed by atoms with E-state index in [2.05, 4.69) is 5.32 Å². The number of halogens is 1. The highest BCUT2D eigenvalue weighted by Gasteiger charge is 2.09. The van der Waals surface area contributed by atoms with Crippen molar-refractivity contribution in [3.8, 4) is 0 Å². The molecular weight excluding hydrogens is 257 g/mol. The van der Waals surface area contributed by atoms with Crippen LogP contribution in [0.1, 0.15) is 16.7 Å². The lowest BCUT2D eigenvalue weighted by molar-refractivity contribution is -0.136. The van der Waals surface area contributed by atoms with Crippen LogP contribution in [0.3, 0.4) is 0 Å². The highest BCUT2D eigenvalue weighted by atomic mass is 19.1. The Kier molecular flexibility index (Phi) is 4.03. The Morgan fingerprint density at radius 1 is 1.15 bits per heavy atom. The first-order valence-electron chi connectivity index (χ1n) is 6.29. The number of rotatable bonds is 4. The number of nitrogens with one attached hydrogen (secondary N) is 1. The Labute approximate surface area is 117 Å². The second kappa shape index (κ2) is 5.74. The fourth-order valence-corrected chi connectivity index (χ4v) is 2.20. The number of hydrogen-bond donors (Lipinski definition) is 2. The van der Waals surface area contributed by atoms with Gasteiger partial charge in [0, 0.05) is 11.4 Å². The standard InChI is InChI=1S/C16H16FNO2/c1-10-5-11(2)7-14(6-10)18-15-4-3-13(17)8-12(15)9-16(19)20/h3-8,18H,9H2,1-2H3,(H,19,20). The molecule has 0 saturated heterocycles. The number of carboxylic acid groups (broad SMARTS) is 1. The number of aliphatic carboxylic acids is 1. The van der Waals surface area contributed by atoms with Gasteiger partial charge in [-0.15, -0.1) is 0 Å². The van der Waals surface area contributed by atoms with Crippen molar-refractivity contribution in [2.45, 2.75) is 20.3 Å². The first-order chi connectivity index (χ1) is 9.44. The van der Waals surface area contributed by atoms with E-state index >= 15 is 0 Å². The predicted octanol–water partition coefficient (Wildman–Crippen LogP) is 3.81. The van der Waals surface area contributed by atoms with E-state index in [4.69, 9.17) is 5.11 Å². The lowest BCUT2D eigenvalue weighted by Gasteiger charge is -2.12. The molecule has 0 saturated carbocycles. The van der Waals surface area contributed by atoms with Crippen molar-refractivity contribution < 1.29 is 14.3 Å². The van der Waals surface area contributed by atoms with Crippen LogP contribution in [0.4, 0.5) is 15.8 Å². The smallest absolute Gasteiger partial charge is 0.307 e. The van der Waals surface area contributed by atoms with Crippen LogP contribution in [0.25, 0.3) is 0 Å². The van der Waals surface area contributed by atoms with Crippen molar-refractivity contribution in [2.24, 2.45) is 0 Å². The summed E-state index contributed by atoms with van der Waals surface area (Å²) in [7, 11) is 0. The molecule has 2 aromatic carbocycles. The van der Waals surface area contributed by atoms with E-state index in [1.165, 1.54) is 12.1 Å². The summed E-state index contributed by atoms with van der Waals surface area (Å²) in [6.45, 7) is 3.97. The molecule has 0 amide bonds. The third-order valence-electron chi connectivity index (χ3n) is 2.91. The lowest BCUT2D eigenvalue weighted by atomic mass is 10.1. The van der Waals surface area contributed by atoms with Crippen LogP contribution in [0.2, 0.25) is 0 Å². The first-order valence-corrected chi connectivity index (χ1v) is 6.29. The molecule has 0 spiro atoms. The summed E-state index contributed by atoms with van der Waals surface area (Å²) in [5.74, 6) is -1.42. The Hall–Kier alpha value is -2.36. The van der Waals surface area contributed by atoms with Gasteiger partial charge in [-0.2, -0.15) is 0 Å². The van der Waals surface area contributed by atoms with Crippen LogP contribution in [-0.2, 0) is 11.2 Å². The molecule has 0 unspecified atom stereocenters. The number of carboxylic acids is 1. The molecule has 2 N–H and O–H groups in total. The summed E-state index contributed by atoms with van der Waals surface area (Å²) >= 11 is 0. The van der Waals surface area contributed by atoms with Gasteiger partial charge in [0.25, 0.3) is 0 Å². The third-order valence-corrected chi connectivity index (χ3v) is 2.91. The Balaban J connectivity index is 2.34. The Morgan fingerprint density at radius 3 is 2.40 bits per heavy atom. The predicted molar refractivity (Wildman–Crippen MR) is 76.9 cm³/mol. The van der Waals surface area contributed by atoms with Crippen molar-refractivity contribution in [1.82, 2.24) is 0 Å². The molecule has 2 rings (SSSR count). The van der Waals surface area contributed by atoms with Crippen LogP contribution in [-0.4, -0.2) is 11.1 Å². The Morgan fingerprint density at radius 2 is 1.80 bits per heavy atom.